The smallest absolute Gasteiger partial charge is 0.336 e. The van der Waals surface area contributed by atoms with Crippen molar-refractivity contribution in [2.45, 2.75) is 18.2 Å². The molecule has 0 aliphatic rings. The first-order chi connectivity index (χ1) is 12.6. The highest BCUT2D eigenvalue weighted by atomic mass is 32.2. The van der Waals surface area contributed by atoms with Gasteiger partial charge in [0, 0.05) is 28.1 Å². The van der Waals surface area contributed by atoms with E-state index in [1.807, 2.05) is 43.5 Å². The average molecular weight is 369 g/mol. The van der Waals surface area contributed by atoms with Crippen molar-refractivity contribution in [3.63, 3.8) is 0 Å². The van der Waals surface area contributed by atoms with Gasteiger partial charge in [0.15, 0.2) is 6.61 Å². The fourth-order valence-electron chi connectivity index (χ4n) is 2.61. The highest BCUT2D eigenvalue weighted by Crippen LogP contribution is 2.23. The van der Waals surface area contributed by atoms with E-state index in [2.05, 4.69) is 5.32 Å². The van der Waals surface area contributed by atoms with Crippen LogP contribution in [0, 0.1) is 0 Å². The maximum Gasteiger partial charge on any atom is 0.336 e. The van der Waals surface area contributed by atoms with Gasteiger partial charge in [-0.25, -0.2) is 4.79 Å². The number of rotatable bonds is 6. The minimum atomic E-state index is -0.391. The molecule has 0 spiro atoms. The van der Waals surface area contributed by atoms with Crippen molar-refractivity contribution in [3.05, 3.63) is 64.5 Å². The zero-order chi connectivity index (χ0) is 18.5. The molecule has 1 heterocycles. The molecular weight excluding hydrogens is 350 g/mol. The molecule has 0 aliphatic heterocycles. The van der Waals surface area contributed by atoms with Crippen molar-refractivity contribution in [3.8, 4) is 5.75 Å². The first-order valence-electron chi connectivity index (χ1n) is 8.22. The molecule has 0 aliphatic carbocycles. The lowest BCUT2D eigenvalue weighted by atomic mass is 10.1. The van der Waals surface area contributed by atoms with Crippen LogP contribution in [0.15, 0.2) is 62.6 Å². The third kappa shape index (κ3) is 4.26. The number of thioether (sulfide) groups is 1. The molecular formula is C20H19NO4S. The first kappa shape index (κ1) is 18.1. The number of carbonyl (C=O) groups excluding carboxylic acids is 1. The number of hydrogen-bond acceptors (Lipinski definition) is 5. The molecule has 134 valence electrons. The average Bonchev–Trinajstić information content (AvgIpc) is 2.66. The Morgan fingerprint density at radius 3 is 2.62 bits per heavy atom. The highest BCUT2D eigenvalue weighted by molar-refractivity contribution is 7.98. The minimum Gasteiger partial charge on any atom is -0.484 e. The molecule has 2 aromatic carbocycles. The van der Waals surface area contributed by atoms with Crippen molar-refractivity contribution >= 4 is 34.3 Å². The predicted molar refractivity (Wildman–Crippen MR) is 104 cm³/mol. The van der Waals surface area contributed by atoms with Gasteiger partial charge in [-0.2, -0.15) is 0 Å². The van der Waals surface area contributed by atoms with Gasteiger partial charge >= 0.3 is 5.63 Å². The Balaban J connectivity index is 1.66. The molecule has 3 rings (SSSR count). The summed E-state index contributed by atoms with van der Waals surface area (Å²) in [5.41, 5.74) is 1.71. The van der Waals surface area contributed by atoms with E-state index in [1.165, 1.54) is 6.07 Å². The molecule has 0 bridgehead atoms. The van der Waals surface area contributed by atoms with E-state index >= 15 is 0 Å². The van der Waals surface area contributed by atoms with Crippen molar-refractivity contribution in [1.82, 2.24) is 0 Å². The Labute approximate surface area is 155 Å². The van der Waals surface area contributed by atoms with Crippen LogP contribution in [0.25, 0.3) is 11.0 Å². The molecule has 0 atom stereocenters. The van der Waals surface area contributed by atoms with Gasteiger partial charge in [0.25, 0.3) is 5.91 Å². The van der Waals surface area contributed by atoms with Gasteiger partial charge in [0.2, 0.25) is 0 Å². The van der Waals surface area contributed by atoms with Gasteiger partial charge in [-0.15, -0.1) is 11.8 Å². The Bertz CT molecular complexity index is 979. The van der Waals surface area contributed by atoms with Crippen LogP contribution in [-0.2, 0) is 11.2 Å². The molecule has 0 radical (unpaired) electrons. The normalized spacial score (nSPS) is 10.7. The molecule has 1 N–H and O–H groups in total. The predicted octanol–water partition coefficient (Wildman–Crippen LogP) is 4.09. The molecule has 0 fully saturated rings. The summed E-state index contributed by atoms with van der Waals surface area (Å²) >= 11 is 1.64. The monoisotopic (exact) mass is 369 g/mol. The zero-order valence-corrected chi connectivity index (χ0v) is 15.4. The van der Waals surface area contributed by atoms with Gasteiger partial charge in [-0.1, -0.05) is 6.92 Å². The van der Waals surface area contributed by atoms with Gasteiger partial charge in [0.05, 0.1) is 0 Å². The van der Waals surface area contributed by atoms with Crippen LogP contribution < -0.4 is 15.7 Å². The van der Waals surface area contributed by atoms with E-state index in [-0.39, 0.29) is 12.5 Å². The topological polar surface area (TPSA) is 68.5 Å². The van der Waals surface area contributed by atoms with Crippen LogP contribution in [-0.4, -0.2) is 18.8 Å². The molecule has 26 heavy (non-hydrogen) atoms. The maximum atomic E-state index is 12.0. The van der Waals surface area contributed by atoms with Crippen molar-refractivity contribution in [2.24, 2.45) is 0 Å². The summed E-state index contributed by atoms with van der Waals surface area (Å²) in [5.74, 6) is 0.215. The van der Waals surface area contributed by atoms with Crippen LogP contribution in [0.1, 0.15) is 12.5 Å². The van der Waals surface area contributed by atoms with Crippen molar-refractivity contribution in [1.29, 1.82) is 0 Å². The van der Waals surface area contributed by atoms with E-state index in [9.17, 15) is 9.59 Å². The molecule has 1 aromatic heterocycles. The number of aryl methyl sites for hydroxylation is 1. The van der Waals surface area contributed by atoms with E-state index in [4.69, 9.17) is 9.15 Å². The summed E-state index contributed by atoms with van der Waals surface area (Å²) in [5, 5.41) is 3.65. The summed E-state index contributed by atoms with van der Waals surface area (Å²) in [7, 11) is 0. The van der Waals surface area contributed by atoms with Crippen LogP contribution >= 0.6 is 11.8 Å². The lowest BCUT2D eigenvalue weighted by Gasteiger charge is -2.09. The van der Waals surface area contributed by atoms with E-state index in [1.54, 1.807) is 23.9 Å². The first-order valence-corrected chi connectivity index (χ1v) is 9.45. The van der Waals surface area contributed by atoms with E-state index < -0.39 is 5.63 Å². The number of nitrogens with one attached hydrogen (secondary N) is 1. The fourth-order valence-corrected chi connectivity index (χ4v) is 3.02. The largest absolute Gasteiger partial charge is 0.484 e. The maximum absolute atomic E-state index is 12.0. The third-order valence-corrected chi connectivity index (χ3v) is 4.67. The second-order valence-corrected chi connectivity index (χ2v) is 6.55. The Morgan fingerprint density at radius 1 is 1.15 bits per heavy atom. The molecule has 0 unspecified atom stereocenters. The second-order valence-electron chi connectivity index (χ2n) is 5.67. The van der Waals surface area contributed by atoms with Gasteiger partial charge in [-0.3, -0.25) is 4.79 Å². The Hall–Kier alpha value is -2.73. The summed E-state index contributed by atoms with van der Waals surface area (Å²) in [6, 6.07) is 14.3. The van der Waals surface area contributed by atoms with Crippen LogP contribution in [0.2, 0.25) is 0 Å². The fraction of sp³-hybridized carbons (Fsp3) is 0.200. The highest BCUT2D eigenvalue weighted by Gasteiger charge is 2.08. The molecule has 6 heteroatoms. The number of ether oxygens (including phenoxy) is 1. The van der Waals surface area contributed by atoms with Crippen LogP contribution in [0.4, 0.5) is 5.69 Å². The van der Waals surface area contributed by atoms with E-state index in [0.717, 1.165) is 22.3 Å². The summed E-state index contributed by atoms with van der Waals surface area (Å²) < 4.78 is 10.8. The third-order valence-electron chi connectivity index (χ3n) is 3.93. The summed E-state index contributed by atoms with van der Waals surface area (Å²) in [6.07, 6.45) is 2.73. The number of fused-ring (bicyclic) bond motifs is 1. The molecule has 1 amide bonds. The minimum absolute atomic E-state index is 0.131. The Kier molecular flexibility index (Phi) is 5.63. The molecule has 0 saturated heterocycles. The number of amides is 1. The van der Waals surface area contributed by atoms with Crippen LogP contribution in [0.3, 0.4) is 0 Å². The standard InChI is InChI=1S/C20H19NO4S/c1-3-13-10-20(23)25-18-11-15(6-9-17(13)18)24-12-19(22)21-14-4-7-16(26-2)8-5-14/h4-11H,3,12H2,1-2H3,(H,21,22). The zero-order valence-electron chi connectivity index (χ0n) is 14.6. The number of benzene rings is 2. The van der Waals surface area contributed by atoms with Crippen molar-refractivity contribution in [2.75, 3.05) is 18.2 Å². The van der Waals surface area contributed by atoms with Gasteiger partial charge < -0.3 is 14.5 Å². The lowest BCUT2D eigenvalue weighted by molar-refractivity contribution is -0.118. The molecule has 0 saturated carbocycles. The molecule has 5 nitrogen and oxygen atoms in total. The van der Waals surface area contributed by atoms with Gasteiger partial charge in [-0.05, 0) is 54.6 Å². The summed E-state index contributed by atoms with van der Waals surface area (Å²) in [6.45, 7) is 1.85. The second kappa shape index (κ2) is 8.10. The van der Waals surface area contributed by atoms with Crippen LogP contribution in [0.5, 0.6) is 5.75 Å². The SMILES string of the molecule is CCc1cc(=O)oc2cc(OCC(=O)Nc3ccc(SC)cc3)ccc12. The number of hydrogen-bond donors (Lipinski definition) is 1. The number of carbonyl (C=O) groups is 1. The molecule has 3 aromatic rings. The lowest BCUT2D eigenvalue weighted by Crippen LogP contribution is -2.20. The van der Waals surface area contributed by atoms with Crippen molar-refractivity contribution < 1.29 is 13.9 Å². The quantitative estimate of drug-likeness (QED) is 0.523. The number of anilines is 1. The Morgan fingerprint density at radius 2 is 1.92 bits per heavy atom. The van der Waals surface area contributed by atoms with E-state index in [0.29, 0.717) is 17.0 Å². The van der Waals surface area contributed by atoms with Gasteiger partial charge in [0.1, 0.15) is 11.3 Å². The summed E-state index contributed by atoms with van der Waals surface area (Å²) in [4.78, 5) is 24.8.